The second-order valence-corrected chi connectivity index (χ2v) is 12.6. The van der Waals surface area contributed by atoms with Crippen molar-refractivity contribution < 1.29 is 26.6 Å². The number of aromatic nitrogens is 3. The number of anilines is 2. The summed E-state index contributed by atoms with van der Waals surface area (Å²) in [5, 5.41) is 6.50. The first-order chi connectivity index (χ1) is 16.5. The molecule has 0 bridgehead atoms. The summed E-state index contributed by atoms with van der Waals surface area (Å²) in [5.74, 6) is 1.05. The molecule has 11 nitrogen and oxygen atoms in total. The van der Waals surface area contributed by atoms with E-state index in [9.17, 15) is 0 Å². The molecule has 13 heteroatoms. The minimum atomic E-state index is -2.63. The molecule has 0 radical (unpaired) electrons. The molecule has 0 saturated carbocycles. The van der Waals surface area contributed by atoms with Crippen molar-refractivity contribution in [2.24, 2.45) is 0 Å². The summed E-state index contributed by atoms with van der Waals surface area (Å²) in [6.45, 7) is 16.6. The minimum Gasteiger partial charge on any atom is -0.374 e. The lowest BCUT2D eigenvalue weighted by Crippen LogP contribution is -2.46. The van der Waals surface area contributed by atoms with Crippen LogP contribution in [0.2, 0.25) is 12.1 Å². The van der Waals surface area contributed by atoms with Crippen LogP contribution >= 0.6 is 0 Å². The Labute approximate surface area is 207 Å². The summed E-state index contributed by atoms with van der Waals surface area (Å²) in [6, 6.07) is 1.47. The van der Waals surface area contributed by atoms with Crippen molar-refractivity contribution in [3.05, 3.63) is 6.33 Å². The molecule has 0 aliphatic rings. The normalized spacial score (nSPS) is 12.2. The predicted octanol–water partition coefficient (Wildman–Crippen LogP) is 3.57. The summed E-state index contributed by atoms with van der Waals surface area (Å²) < 4.78 is 35.4. The van der Waals surface area contributed by atoms with E-state index in [-0.39, 0.29) is 0 Å². The number of rotatable bonds is 22. The first-order valence-corrected chi connectivity index (χ1v) is 16.4. The maximum Gasteiger partial charge on any atom is 0.500 e. The molecule has 1 aromatic rings. The fourth-order valence-corrected chi connectivity index (χ4v) is 8.70. The maximum atomic E-state index is 5.90. The third-order valence-corrected chi connectivity index (χ3v) is 10.9. The lowest BCUT2D eigenvalue weighted by molar-refractivity contribution is 0.0702. The fourth-order valence-electron chi connectivity index (χ4n) is 3.48. The Morgan fingerprint density at radius 3 is 1.21 bits per heavy atom. The zero-order valence-electron chi connectivity index (χ0n) is 21.9. The quantitative estimate of drug-likeness (QED) is 0.173. The van der Waals surface area contributed by atoms with Gasteiger partial charge in [-0.1, -0.05) is 0 Å². The summed E-state index contributed by atoms with van der Waals surface area (Å²) in [6.07, 6.45) is 3.14. The van der Waals surface area contributed by atoms with E-state index in [1.165, 1.54) is 6.33 Å². The van der Waals surface area contributed by atoms with E-state index in [2.05, 4.69) is 25.6 Å². The fraction of sp³-hybridized carbons (Fsp3) is 0.857. The van der Waals surface area contributed by atoms with Crippen LogP contribution in [0.15, 0.2) is 6.33 Å². The van der Waals surface area contributed by atoms with Crippen LogP contribution in [0.25, 0.3) is 0 Å². The van der Waals surface area contributed by atoms with Gasteiger partial charge in [-0.15, -0.1) is 0 Å². The van der Waals surface area contributed by atoms with Crippen molar-refractivity contribution in [3.63, 3.8) is 0 Å². The van der Waals surface area contributed by atoms with Crippen LogP contribution in [0, 0.1) is 0 Å². The van der Waals surface area contributed by atoms with Gasteiger partial charge in [0.25, 0.3) is 0 Å². The second-order valence-electron chi connectivity index (χ2n) is 7.16. The monoisotopic (exact) mass is 519 g/mol. The van der Waals surface area contributed by atoms with Gasteiger partial charge < -0.3 is 37.2 Å². The Bertz CT molecular complexity index is 566. The van der Waals surface area contributed by atoms with E-state index in [1.807, 2.05) is 41.5 Å². The number of hydrogen-bond donors (Lipinski definition) is 2. The van der Waals surface area contributed by atoms with Gasteiger partial charge in [-0.2, -0.15) is 4.98 Å². The third kappa shape index (κ3) is 11.5. The molecule has 0 aliphatic carbocycles. The SMILES string of the molecule is CCO[Si](CCCNc1ncnc(NCCC[Si](OCC)(OCC)OCC)n1)(OCC)OCC. The van der Waals surface area contributed by atoms with Gasteiger partial charge in [0.2, 0.25) is 11.9 Å². The van der Waals surface area contributed by atoms with Gasteiger partial charge in [-0.25, -0.2) is 9.97 Å². The smallest absolute Gasteiger partial charge is 0.374 e. The van der Waals surface area contributed by atoms with Crippen molar-refractivity contribution in [1.29, 1.82) is 0 Å². The largest absolute Gasteiger partial charge is 0.500 e. The molecule has 1 heterocycles. The molecule has 1 rings (SSSR count). The van der Waals surface area contributed by atoms with Gasteiger partial charge in [0, 0.05) is 64.8 Å². The van der Waals surface area contributed by atoms with E-state index < -0.39 is 17.6 Å². The average molecular weight is 520 g/mol. The van der Waals surface area contributed by atoms with E-state index in [0.29, 0.717) is 64.6 Å². The number of nitrogens with one attached hydrogen (secondary N) is 2. The van der Waals surface area contributed by atoms with E-state index >= 15 is 0 Å². The lowest BCUT2D eigenvalue weighted by Gasteiger charge is -2.28. The van der Waals surface area contributed by atoms with Crippen LogP contribution in [-0.2, 0) is 26.6 Å². The van der Waals surface area contributed by atoms with Crippen LogP contribution in [0.1, 0.15) is 54.4 Å². The summed E-state index contributed by atoms with van der Waals surface area (Å²) in [4.78, 5) is 12.9. The molecule has 0 spiro atoms. The van der Waals surface area contributed by atoms with Crippen LogP contribution < -0.4 is 10.6 Å². The molecule has 0 fully saturated rings. The highest BCUT2D eigenvalue weighted by Gasteiger charge is 2.40. The Morgan fingerprint density at radius 1 is 0.588 bits per heavy atom. The summed E-state index contributed by atoms with van der Waals surface area (Å²) >= 11 is 0. The Morgan fingerprint density at radius 2 is 0.912 bits per heavy atom. The Hall–Kier alpha value is -1.20. The van der Waals surface area contributed by atoms with Gasteiger partial charge in [-0.05, 0) is 54.4 Å². The van der Waals surface area contributed by atoms with Gasteiger partial charge in [0.15, 0.2) is 0 Å². The minimum absolute atomic E-state index is 0.524. The van der Waals surface area contributed by atoms with Gasteiger partial charge in [0.1, 0.15) is 6.33 Å². The first kappa shape index (κ1) is 30.8. The van der Waals surface area contributed by atoms with E-state index in [0.717, 1.165) is 24.9 Å². The standard InChI is InChI=1S/C21H45N5O6Si2/c1-7-27-33(28-8-2,29-9-3)17-13-15-22-20-24-19-25-21(26-20)23-16-14-18-34(30-10-4,31-11-5)32-12-6/h19H,7-18H2,1-6H3,(H2,22,23,24,25,26). The molecule has 0 amide bonds. The highest BCUT2D eigenvalue weighted by atomic mass is 28.4. The van der Waals surface area contributed by atoms with Crippen molar-refractivity contribution in [3.8, 4) is 0 Å². The van der Waals surface area contributed by atoms with E-state index in [4.69, 9.17) is 26.6 Å². The Kier molecular flexibility index (Phi) is 16.4. The Balaban J connectivity index is 2.51. The number of nitrogens with zero attached hydrogens (tertiary/aromatic N) is 3. The zero-order valence-corrected chi connectivity index (χ0v) is 23.9. The molecule has 0 aliphatic heterocycles. The molecule has 0 aromatic carbocycles. The van der Waals surface area contributed by atoms with E-state index in [1.54, 1.807) is 0 Å². The predicted molar refractivity (Wildman–Crippen MR) is 137 cm³/mol. The molecular formula is C21H45N5O6Si2. The highest BCUT2D eigenvalue weighted by molar-refractivity contribution is 6.61. The first-order valence-electron chi connectivity index (χ1n) is 12.5. The van der Waals surface area contributed by atoms with Crippen molar-refractivity contribution in [2.75, 3.05) is 63.4 Å². The van der Waals surface area contributed by atoms with Crippen LogP contribution in [0.3, 0.4) is 0 Å². The van der Waals surface area contributed by atoms with Gasteiger partial charge >= 0.3 is 17.6 Å². The summed E-state index contributed by atoms with van der Waals surface area (Å²) in [5.41, 5.74) is 0. The molecule has 0 unspecified atom stereocenters. The lowest BCUT2D eigenvalue weighted by atomic mass is 10.5. The zero-order chi connectivity index (χ0) is 25.1. The molecule has 0 atom stereocenters. The highest BCUT2D eigenvalue weighted by Crippen LogP contribution is 2.19. The topological polar surface area (TPSA) is 118 Å². The molecule has 1 aromatic heterocycles. The second kappa shape index (κ2) is 18.1. The average Bonchev–Trinajstić information content (AvgIpc) is 2.81. The molecular weight excluding hydrogens is 474 g/mol. The van der Waals surface area contributed by atoms with Crippen molar-refractivity contribution >= 4 is 29.5 Å². The third-order valence-electron chi connectivity index (χ3n) is 4.64. The van der Waals surface area contributed by atoms with Gasteiger partial charge in [0.05, 0.1) is 0 Å². The molecule has 198 valence electrons. The van der Waals surface area contributed by atoms with Crippen molar-refractivity contribution in [2.45, 2.75) is 66.5 Å². The number of hydrogen-bond acceptors (Lipinski definition) is 11. The summed E-state index contributed by atoms with van der Waals surface area (Å²) in [7, 11) is -5.27. The molecule has 0 saturated heterocycles. The maximum absolute atomic E-state index is 5.90. The molecule has 2 N–H and O–H groups in total. The van der Waals surface area contributed by atoms with Crippen LogP contribution in [0.5, 0.6) is 0 Å². The van der Waals surface area contributed by atoms with Crippen molar-refractivity contribution in [1.82, 2.24) is 15.0 Å². The van der Waals surface area contributed by atoms with Crippen LogP contribution in [0.4, 0.5) is 11.9 Å². The van der Waals surface area contributed by atoms with Gasteiger partial charge in [-0.3, -0.25) is 0 Å². The van der Waals surface area contributed by atoms with Crippen LogP contribution in [-0.4, -0.2) is 85.3 Å². The molecule has 34 heavy (non-hydrogen) atoms.